The third-order valence-corrected chi connectivity index (χ3v) is 4.04. The van der Waals surface area contributed by atoms with Crippen LogP contribution < -0.4 is 0 Å². The maximum atomic E-state index is 5.70. The standard InChI is InChI=1S/C15H22N4O2/c1-11-8-14-16-17-15(10-20-3)19(14)7-6-18(11)9-13-5-4-12(2)21-13/h4-5,11H,6-10H2,1-3H3. The van der Waals surface area contributed by atoms with Crippen molar-refractivity contribution < 1.29 is 9.15 Å². The molecule has 1 atom stereocenters. The van der Waals surface area contributed by atoms with E-state index in [-0.39, 0.29) is 0 Å². The molecule has 2 aromatic rings. The summed E-state index contributed by atoms with van der Waals surface area (Å²) in [6, 6.07) is 4.49. The topological polar surface area (TPSA) is 56.3 Å². The summed E-state index contributed by atoms with van der Waals surface area (Å²) >= 11 is 0. The Kier molecular flexibility index (Phi) is 4.07. The van der Waals surface area contributed by atoms with Gasteiger partial charge < -0.3 is 13.7 Å². The molecule has 0 saturated heterocycles. The Morgan fingerprint density at radius 2 is 2.19 bits per heavy atom. The van der Waals surface area contributed by atoms with Gasteiger partial charge in [0.15, 0.2) is 5.82 Å². The molecular formula is C15H22N4O2. The van der Waals surface area contributed by atoms with Crippen molar-refractivity contribution in [1.82, 2.24) is 19.7 Å². The number of aromatic nitrogens is 3. The van der Waals surface area contributed by atoms with E-state index in [1.807, 2.05) is 13.0 Å². The van der Waals surface area contributed by atoms with Crippen LogP contribution >= 0.6 is 0 Å². The summed E-state index contributed by atoms with van der Waals surface area (Å²) in [6.07, 6.45) is 0.899. The largest absolute Gasteiger partial charge is 0.465 e. The van der Waals surface area contributed by atoms with Gasteiger partial charge in [-0.3, -0.25) is 4.90 Å². The van der Waals surface area contributed by atoms with Crippen LogP contribution in [0.15, 0.2) is 16.5 Å². The average Bonchev–Trinajstić information content (AvgIpc) is 2.98. The number of nitrogens with zero attached hydrogens (tertiary/aromatic N) is 4. The first-order valence-electron chi connectivity index (χ1n) is 7.36. The van der Waals surface area contributed by atoms with E-state index < -0.39 is 0 Å². The molecular weight excluding hydrogens is 268 g/mol. The van der Waals surface area contributed by atoms with E-state index in [0.29, 0.717) is 12.6 Å². The Labute approximate surface area is 124 Å². The first-order valence-corrected chi connectivity index (χ1v) is 7.36. The van der Waals surface area contributed by atoms with Gasteiger partial charge in [-0.25, -0.2) is 0 Å². The van der Waals surface area contributed by atoms with Crippen molar-refractivity contribution in [2.75, 3.05) is 13.7 Å². The first kappa shape index (κ1) is 14.3. The second-order valence-electron chi connectivity index (χ2n) is 5.65. The van der Waals surface area contributed by atoms with Crippen LogP contribution in [0.2, 0.25) is 0 Å². The van der Waals surface area contributed by atoms with Gasteiger partial charge in [0.2, 0.25) is 0 Å². The zero-order valence-corrected chi connectivity index (χ0v) is 12.9. The van der Waals surface area contributed by atoms with Gasteiger partial charge in [0.25, 0.3) is 0 Å². The minimum absolute atomic E-state index is 0.413. The van der Waals surface area contributed by atoms with Crippen LogP contribution in [0.1, 0.15) is 30.1 Å². The summed E-state index contributed by atoms with van der Waals surface area (Å²) in [6.45, 7) is 7.42. The molecule has 0 aliphatic carbocycles. The summed E-state index contributed by atoms with van der Waals surface area (Å²) < 4.78 is 13.1. The highest BCUT2D eigenvalue weighted by atomic mass is 16.5. The minimum Gasteiger partial charge on any atom is -0.465 e. The number of aryl methyl sites for hydroxylation is 1. The van der Waals surface area contributed by atoms with Crippen LogP contribution in [0.3, 0.4) is 0 Å². The molecule has 114 valence electrons. The van der Waals surface area contributed by atoms with Crippen molar-refractivity contribution in [3.63, 3.8) is 0 Å². The summed E-state index contributed by atoms with van der Waals surface area (Å²) in [7, 11) is 1.69. The van der Waals surface area contributed by atoms with Crippen molar-refractivity contribution in [2.24, 2.45) is 0 Å². The number of fused-ring (bicyclic) bond motifs is 1. The summed E-state index contributed by atoms with van der Waals surface area (Å²) in [4.78, 5) is 2.43. The van der Waals surface area contributed by atoms with E-state index in [2.05, 4.69) is 32.7 Å². The van der Waals surface area contributed by atoms with Crippen molar-refractivity contribution in [1.29, 1.82) is 0 Å². The fourth-order valence-electron chi connectivity index (χ4n) is 2.86. The van der Waals surface area contributed by atoms with Gasteiger partial charge in [0.05, 0.1) is 6.54 Å². The Morgan fingerprint density at radius 1 is 1.33 bits per heavy atom. The molecule has 6 heteroatoms. The number of hydrogen-bond donors (Lipinski definition) is 0. The number of ether oxygens (including phenoxy) is 1. The normalized spacial score (nSPS) is 19.5. The molecule has 0 amide bonds. The van der Waals surface area contributed by atoms with Gasteiger partial charge >= 0.3 is 0 Å². The molecule has 0 N–H and O–H groups in total. The summed E-state index contributed by atoms with van der Waals surface area (Å²) in [5, 5.41) is 8.54. The predicted octanol–water partition coefficient (Wildman–Crippen LogP) is 1.77. The van der Waals surface area contributed by atoms with Gasteiger partial charge in [-0.1, -0.05) is 0 Å². The molecule has 1 unspecified atom stereocenters. The lowest BCUT2D eigenvalue weighted by atomic mass is 10.2. The lowest BCUT2D eigenvalue weighted by Crippen LogP contribution is -2.34. The van der Waals surface area contributed by atoms with E-state index >= 15 is 0 Å². The first-order chi connectivity index (χ1) is 10.2. The highest BCUT2D eigenvalue weighted by molar-refractivity contribution is 5.06. The van der Waals surface area contributed by atoms with Crippen LogP contribution in [-0.4, -0.2) is 39.4 Å². The van der Waals surface area contributed by atoms with Crippen LogP contribution in [0.5, 0.6) is 0 Å². The maximum absolute atomic E-state index is 5.70. The fourth-order valence-corrected chi connectivity index (χ4v) is 2.86. The average molecular weight is 290 g/mol. The number of hydrogen-bond acceptors (Lipinski definition) is 5. The molecule has 1 aliphatic rings. The fraction of sp³-hybridized carbons (Fsp3) is 0.600. The predicted molar refractivity (Wildman–Crippen MR) is 77.8 cm³/mol. The molecule has 3 rings (SSSR count). The smallest absolute Gasteiger partial charge is 0.159 e. The highest BCUT2D eigenvalue weighted by Gasteiger charge is 2.24. The van der Waals surface area contributed by atoms with Crippen LogP contribution in [-0.2, 0) is 30.9 Å². The molecule has 0 radical (unpaired) electrons. The monoisotopic (exact) mass is 290 g/mol. The van der Waals surface area contributed by atoms with Gasteiger partial charge in [0, 0.05) is 32.7 Å². The van der Waals surface area contributed by atoms with E-state index in [1.54, 1.807) is 7.11 Å². The Balaban J connectivity index is 1.73. The quantitative estimate of drug-likeness (QED) is 0.859. The SMILES string of the molecule is COCc1nnc2n1CCN(Cc1ccc(C)o1)C(C)C2. The summed E-state index contributed by atoms with van der Waals surface area (Å²) in [5.41, 5.74) is 0. The third-order valence-electron chi connectivity index (χ3n) is 4.04. The molecule has 0 spiro atoms. The second kappa shape index (κ2) is 5.99. The Morgan fingerprint density at radius 3 is 2.90 bits per heavy atom. The number of rotatable bonds is 4. The van der Waals surface area contributed by atoms with Crippen LogP contribution in [0.25, 0.3) is 0 Å². The molecule has 0 aromatic carbocycles. The van der Waals surface area contributed by atoms with Gasteiger partial charge in [-0.05, 0) is 26.0 Å². The molecule has 0 bridgehead atoms. The number of furan rings is 1. The molecule has 0 fully saturated rings. The van der Waals surface area contributed by atoms with Crippen LogP contribution in [0, 0.1) is 6.92 Å². The van der Waals surface area contributed by atoms with E-state index in [0.717, 1.165) is 49.2 Å². The van der Waals surface area contributed by atoms with Crippen molar-refractivity contribution >= 4 is 0 Å². The highest BCUT2D eigenvalue weighted by Crippen LogP contribution is 2.18. The minimum atomic E-state index is 0.413. The van der Waals surface area contributed by atoms with Crippen molar-refractivity contribution in [2.45, 2.75) is 46.0 Å². The van der Waals surface area contributed by atoms with E-state index in [4.69, 9.17) is 9.15 Å². The maximum Gasteiger partial charge on any atom is 0.159 e. The van der Waals surface area contributed by atoms with E-state index in [1.165, 1.54) is 0 Å². The van der Waals surface area contributed by atoms with E-state index in [9.17, 15) is 0 Å². The zero-order chi connectivity index (χ0) is 14.8. The number of methoxy groups -OCH3 is 1. The summed E-state index contributed by atoms with van der Waals surface area (Å²) in [5.74, 6) is 3.95. The second-order valence-corrected chi connectivity index (χ2v) is 5.65. The Hall–Kier alpha value is -1.66. The third kappa shape index (κ3) is 3.01. The Bertz CT molecular complexity index is 605. The van der Waals surface area contributed by atoms with Gasteiger partial charge in [-0.2, -0.15) is 0 Å². The molecule has 2 aromatic heterocycles. The van der Waals surface area contributed by atoms with Gasteiger partial charge in [-0.15, -0.1) is 10.2 Å². The van der Waals surface area contributed by atoms with Crippen molar-refractivity contribution in [3.05, 3.63) is 35.3 Å². The van der Waals surface area contributed by atoms with Crippen LogP contribution in [0.4, 0.5) is 0 Å². The molecule has 0 saturated carbocycles. The lowest BCUT2D eigenvalue weighted by molar-refractivity contribution is 0.168. The molecule has 1 aliphatic heterocycles. The molecule has 6 nitrogen and oxygen atoms in total. The van der Waals surface area contributed by atoms with Gasteiger partial charge in [0.1, 0.15) is 24.0 Å². The molecule has 3 heterocycles. The zero-order valence-electron chi connectivity index (χ0n) is 12.9. The molecule has 21 heavy (non-hydrogen) atoms. The lowest BCUT2D eigenvalue weighted by Gasteiger charge is -2.25. The van der Waals surface area contributed by atoms with Crippen molar-refractivity contribution in [3.8, 4) is 0 Å².